The molecule has 0 aliphatic rings. The molecule has 0 heterocycles. The smallest absolute Gasteiger partial charge is 0.307 e. The van der Waals surface area contributed by atoms with Crippen LogP contribution in [-0.2, 0) is 11.2 Å². The molecule has 94 valence electrons. The molecule has 0 aliphatic carbocycles. The van der Waals surface area contributed by atoms with Gasteiger partial charge in [0.2, 0.25) is 0 Å². The predicted molar refractivity (Wildman–Crippen MR) is 68.1 cm³/mol. The van der Waals surface area contributed by atoms with Gasteiger partial charge in [0.25, 0.3) is 0 Å². The lowest BCUT2D eigenvalue weighted by Gasteiger charge is -2.18. The van der Waals surface area contributed by atoms with E-state index in [4.69, 9.17) is 14.6 Å². The van der Waals surface area contributed by atoms with Crippen LogP contribution in [0.4, 0.5) is 0 Å². The van der Waals surface area contributed by atoms with Crippen molar-refractivity contribution in [2.45, 2.75) is 20.3 Å². The third-order valence-corrected chi connectivity index (χ3v) is 3.86. The van der Waals surface area contributed by atoms with Crippen LogP contribution in [-0.4, -0.2) is 25.3 Å². The number of hydrogen-bond acceptors (Lipinski definition) is 3. The van der Waals surface area contributed by atoms with Crippen molar-refractivity contribution in [3.05, 3.63) is 21.2 Å². The first-order valence-corrected chi connectivity index (χ1v) is 5.84. The Balaban J connectivity index is 3.55. The van der Waals surface area contributed by atoms with Gasteiger partial charge in [-0.05, 0) is 19.4 Å². The minimum Gasteiger partial charge on any atom is -0.493 e. The zero-order valence-corrected chi connectivity index (χ0v) is 11.8. The van der Waals surface area contributed by atoms with Crippen LogP contribution in [0.3, 0.4) is 0 Å². The minimum atomic E-state index is -0.899. The monoisotopic (exact) mass is 302 g/mol. The molecule has 0 aromatic heterocycles. The van der Waals surface area contributed by atoms with E-state index in [1.807, 2.05) is 13.8 Å². The van der Waals surface area contributed by atoms with Gasteiger partial charge in [-0.3, -0.25) is 4.79 Å². The maximum atomic E-state index is 10.9. The van der Waals surface area contributed by atoms with Crippen molar-refractivity contribution >= 4 is 21.9 Å². The summed E-state index contributed by atoms with van der Waals surface area (Å²) in [6.07, 6.45) is -0.0930. The van der Waals surface area contributed by atoms with Gasteiger partial charge in [0.05, 0.1) is 20.6 Å². The summed E-state index contributed by atoms with van der Waals surface area (Å²) in [5, 5.41) is 8.92. The number of ether oxygens (including phenoxy) is 2. The molecule has 0 aliphatic heterocycles. The zero-order valence-electron chi connectivity index (χ0n) is 10.3. The summed E-state index contributed by atoms with van der Waals surface area (Å²) in [6.45, 7) is 3.75. The molecule has 1 N–H and O–H groups in total. The lowest BCUT2D eigenvalue weighted by molar-refractivity contribution is -0.136. The molecule has 0 fully saturated rings. The zero-order chi connectivity index (χ0) is 13.2. The number of halogens is 1. The normalized spacial score (nSPS) is 10.2. The summed E-state index contributed by atoms with van der Waals surface area (Å²) < 4.78 is 11.4. The number of carboxylic acids is 1. The summed E-state index contributed by atoms with van der Waals surface area (Å²) in [4.78, 5) is 10.9. The summed E-state index contributed by atoms with van der Waals surface area (Å²) in [5.74, 6) is 0.165. The highest BCUT2D eigenvalue weighted by atomic mass is 79.9. The van der Waals surface area contributed by atoms with Crippen molar-refractivity contribution < 1.29 is 19.4 Å². The third-order valence-electron chi connectivity index (χ3n) is 2.67. The first kappa shape index (κ1) is 13.8. The van der Waals surface area contributed by atoms with Crippen molar-refractivity contribution in [3.8, 4) is 11.5 Å². The van der Waals surface area contributed by atoms with E-state index in [1.165, 1.54) is 14.2 Å². The van der Waals surface area contributed by atoms with Crippen LogP contribution < -0.4 is 9.47 Å². The highest BCUT2D eigenvalue weighted by Gasteiger charge is 2.21. The number of hydrogen-bond donors (Lipinski definition) is 1. The van der Waals surface area contributed by atoms with E-state index in [-0.39, 0.29) is 6.42 Å². The van der Waals surface area contributed by atoms with Gasteiger partial charge in [-0.25, -0.2) is 0 Å². The fourth-order valence-corrected chi connectivity index (χ4v) is 2.24. The number of benzene rings is 1. The summed E-state index contributed by atoms with van der Waals surface area (Å²) in [5.41, 5.74) is 2.40. The number of methoxy groups -OCH3 is 2. The second-order valence-electron chi connectivity index (χ2n) is 3.68. The molecule has 0 spiro atoms. The quantitative estimate of drug-likeness (QED) is 0.929. The van der Waals surface area contributed by atoms with E-state index in [9.17, 15) is 4.79 Å². The van der Waals surface area contributed by atoms with Crippen LogP contribution in [0, 0.1) is 13.8 Å². The first-order valence-electron chi connectivity index (χ1n) is 5.05. The van der Waals surface area contributed by atoms with Crippen molar-refractivity contribution in [1.29, 1.82) is 0 Å². The molecular formula is C12H15BrO4. The van der Waals surface area contributed by atoms with Gasteiger partial charge in [0.15, 0.2) is 11.5 Å². The molecule has 0 radical (unpaired) electrons. The predicted octanol–water partition coefficient (Wildman–Crippen LogP) is 2.71. The number of rotatable bonds is 4. The summed E-state index contributed by atoms with van der Waals surface area (Å²) >= 11 is 3.45. The van der Waals surface area contributed by atoms with Crippen molar-refractivity contribution in [1.82, 2.24) is 0 Å². The van der Waals surface area contributed by atoms with Crippen LogP contribution in [0.5, 0.6) is 11.5 Å². The fraction of sp³-hybridized carbons (Fsp3) is 0.417. The van der Waals surface area contributed by atoms with Gasteiger partial charge in [-0.1, -0.05) is 15.9 Å². The van der Waals surface area contributed by atoms with E-state index in [0.717, 1.165) is 15.6 Å². The average Bonchev–Trinajstić information content (AvgIpc) is 2.29. The second-order valence-corrected chi connectivity index (χ2v) is 4.47. The standard InChI is InChI=1S/C12H15BrO4/c1-6-8(5-9(14)15)12(17-4)11(16-3)7(2)10(6)13/h5H2,1-4H3,(H,14,15). The van der Waals surface area contributed by atoms with E-state index >= 15 is 0 Å². The molecule has 0 saturated carbocycles. The van der Waals surface area contributed by atoms with E-state index in [2.05, 4.69) is 15.9 Å². The van der Waals surface area contributed by atoms with Crippen LogP contribution >= 0.6 is 15.9 Å². The van der Waals surface area contributed by atoms with Crippen LogP contribution in [0.25, 0.3) is 0 Å². The Morgan fingerprint density at radius 1 is 1.18 bits per heavy atom. The van der Waals surface area contributed by atoms with E-state index in [1.54, 1.807) is 0 Å². The van der Waals surface area contributed by atoms with Crippen LogP contribution in [0.1, 0.15) is 16.7 Å². The van der Waals surface area contributed by atoms with Gasteiger partial charge < -0.3 is 14.6 Å². The van der Waals surface area contributed by atoms with Gasteiger partial charge in [0.1, 0.15) is 0 Å². The summed E-state index contributed by atoms with van der Waals surface area (Å²) in [7, 11) is 3.05. The minimum absolute atomic E-state index is 0.0930. The molecular weight excluding hydrogens is 288 g/mol. The molecule has 0 saturated heterocycles. The lowest BCUT2D eigenvalue weighted by atomic mass is 10.0. The fourth-order valence-electron chi connectivity index (χ4n) is 1.82. The molecule has 1 aromatic carbocycles. The van der Waals surface area contributed by atoms with Crippen molar-refractivity contribution in [2.24, 2.45) is 0 Å². The maximum Gasteiger partial charge on any atom is 0.307 e. The molecule has 1 rings (SSSR count). The molecule has 17 heavy (non-hydrogen) atoms. The topological polar surface area (TPSA) is 55.8 Å². The molecule has 0 unspecified atom stereocenters. The van der Waals surface area contributed by atoms with Crippen LogP contribution in [0.2, 0.25) is 0 Å². The second kappa shape index (κ2) is 5.40. The first-order chi connectivity index (χ1) is 7.93. The van der Waals surface area contributed by atoms with E-state index in [0.29, 0.717) is 17.1 Å². The number of aliphatic carboxylic acids is 1. The Hall–Kier alpha value is -1.23. The Kier molecular flexibility index (Phi) is 4.40. The molecule has 0 amide bonds. The lowest BCUT2D eigenvalue weighted by Crippen LogP contribution is -2.07. The van der Waals surface area contributed by atoms with Gasteiger partial charge in [-0.2, -0.15) is 0 Å². The van der Waals surface area contributed by atoms with Crippen molar-refractivity contribution in [3.63, 3.8) is 0 Å². The third kappa shape index (κ3) is 2.54. The largest absolute Gasteiger partial charge is 0.493 e. The average molecular weight is 303 g/mol. The Morgan fingerprint density at radius 2 is 1.71 bits per heavy atom. The van der Waals surface area contributed by atoms with Gasteiger partial charge >= 0.3 is 5.97 Å². The van der Waals surface area contributed by atoms with Gasteiger partial charge in [0, 0.05) is 15.6 Å². The number of carboxylic acid groups (broad SMARTS) is 1. The molecule has 0 bridgehead atoms. The Labute approximate surface area is 109 Å². The highest BCUT2D eigenvalue weighted by molar-refractivity contribution is 9.10. The Morgan fingerprint density at radius 3 is 2.12 bits per heavy atom. The number of carbonyl (C=O) groups is 1. The summed E-state index contributed by atoms with van der Waals surface area (Å²) in [6, 6.07) is 0. The van der Waals surface area contributed by atoms with Crippen LogP contribution in [0.15, 0.2) is 4.47 Å². The molecule has 1 aromatic rings. The molecule has 5 heteroatoms. The van der Waals surface area contributed by atoms with Crippen molar-refractivity contribution in [2.75, 3.05) is 14.2 Å². The van der Waals surface area contributed by atoms with E-state index < -0.39 is 5.97 Å². The maximum absolute atomic E-state index is 10.9. The molecule has 0 atom stereocenters. The molecule has 4 nitrogen and oxygen atoms in total. The Bertz CT molecular complexity index is 455. The SMILES string of the molecule is COc1c(C)c(Br)c(C)c(CC(=O)O)c1OC. The highest BCUT2D eigenvalue weighted by Crippen LogP contribution is 2.42. The van der Waals surface area contributed by atoms with Gasteiger partial charge in [-0.15, -0.1) is 0 Å².